The summed E-state index contributed by atoms with van der Waals surface area (Å²) >= 11 is 0. The molecule has 0 rings (SSSR count). The molecule has 0 aliphatic rings. The average molecular weight is 298 g/mol. The Kier molecular flexibility index (Phi) is 11.7. The molecule has 0 aliphatic carbocycles. The normalized spacial score (nSPS) is 10.5. The molecule has 86 valence electrons. The summed E-state index contributed by atoms with van der Waals surface area (Å²) in [6.45, 7) is 0. The average Bonchev–Trinajstić information content (AvgIpc) is 1.78. The van der Waals surface area contributed by atoms with Gasteiger partial charge < -0.3 is 9.05 Å². The zero-order chi connectivity index (χ0) is 11.6. The first-order chi connectivity index (χ1) is 6.01. The van der Waals surface area contributed by atoms with E-state index in [4.69, 9.17) is 19.6 Å². The Hall–Kier alpha value is 1.24. The van der Waals surface area contributed by atoms with Crippen molar-refractivity contribution in [2.75, 3.05) is 0 Å². The Labute approximate surface area is 133 Å². The maximum absolute atomic E-state index is 10.3. The van der Waals surface area contributed by atoms with Gasteiger partial charge in [-0.3, -0.25) is 19.6 Å². The van der Waals surface area contributed by atoms with Crippen LogP contribution in [0.4, 0.5) is 0 Å². The third-order valence-corrected chi connectivity index (χ3v) is 1.38. The zero-order valence-corrected chi connectivity index (χ0v) is 7.92. The Bertz CT molecular complexity index is 305. The standard InChI is InChI=1S/C2H4O10P2.2Na.2H/c3-1(11-13(5,6)7)2(4)12-14(8,9)10;;;;/h(H2,5,6,7)(H2,8,9,10);;;;. The molecule has 0 bridgehead atoms. The van der Waals surface area contributed by atoms with Crippen LogP contribution in [0.5, 0.6) is 0 Å². The molecule has 10 nitrogen and oxygen atoms in total. The first kappa shape index (κ1) is 22.4. The summed E-state index contributed by atoms with van der Waals surface area (Å²) < 4.78 is 26.2. The van der Waals surface area contributed by atoms with Crippen molar-refractivity contribution in [3.05, 3.63) is 0 Å². The topological polar surface area (TPSA) is 168 Å². The van der Waals surface area contributed by atoms with Crippen molar-refractivity contribution < 1.29 is 47.3 Å². The van der Waals surface area contributed by atoms with E-state index in [9.17, 15) is 18.7 Å². The van der Waals surface area contributed by atoms with E-state index in [1.807, 2.05) is 0 Å². The molecule has 0 saturated heterocycles. The molecule has 0 saturated carbocycles. The second-order valence-corrected chi connectivity index (χ2v) is 4.07. The molecule has 0 fully saturated rings. The Morgan fingerprint density at radius 3 is 1.06 bits per heavy atom. The summed E-state index contributed by atoms with van der Waals surface area (Å²) in [6.07, 6.45) is 0. The van der Waals surface area contributed by atoms with Gasteiger partial charge in [0.1, 0.15) is 0 Å². The number of phosphoric ester groups is 2. The molecule has 0 spiro atoms. The van der Waals surface area contributed by atoms with Gasteiger partial charge in [-0.15, -0.1) is 0 Å². The molecular weight excluding hydrogens is 292 g/mol. The molecule has 0 aromatic rings. The van der Waals surface area contributed by atoms with Crippen molar-refractivity contribution in [1.29, 1.82) is 0 Å². The van der Waals surface area contributed by atoms with Gasteiger partial charge in [-0.25, -0.2) is 18.7 Å². The summed E-state index contributed by atoms with van der Waals surface area (Å²) in [6, 6.07) is 0. The quantitative estimate of drug-likeness (QED) is 0.233. The van der Waals surface area contributed by atoms with Crippen LogP contribution >= 0.6 is 15.6 Å². The monoisotopic (exact) mass is 298 g/mol. The first-order valence-corrected chi connectivity index (χ1v) is 5.66. The summed E-state index contributed by atoms with van der Waals surface area (Å²) in [5.74, 6) is -4.41. The molecule has 0 unspecified atom stereocenters. The van der Waals surface area contributed by atoms with E-state index in [-0.39, 0.29) is 59.1 Å². The van der Waals surface area contributed by atoms with Gasteiger partial charge in [0.25, 0.3) is 0 Å². The molecule has 14 heteroatoms. The predicted molar refractivity (Wildman–Crippen MR) is 50.6 cm³/mol. The van der Waals surface area contributed by atoms with Gasteiger partial charge in [-0.1, -0.05) is 0 Å². The van der Waals surface area contributed by atoms with Gasteiger partial charge in [0.15, 0.2) is 0 Å². The fraction of sp³-hybridized carbons (Fsp3) is 0. The number of phosphoric acid groups is 2. The van der Waals surface area contributed by atoms with Crippen molar-refractivity contribution in [1.82, 2.24) is 0 Å². The third kappa shape index (κ3) is 13.3. The van der Waals surface area contributed by atoms with E-state index in [0.29, 0.717) is 0 Å². The van der Waals surface area contributed by atoms with Crippen molar-refractivity contribution in [3.8, 4) is 0 Å². The van der Waals surface area contributed by atoms with E-state index < -0.39 is 27.6 Å². The second-order valence-electron chi connectivity index (χ2n) is 1.74. The van der Waals surface area contributed by atoms with Crippen molar-refractivity contribution in [2.45, 2.75) is 0 Å². The summed E-state index contributed by atoms with van der Waals surface area (Å²) in [4.78, 5) is 52.6. The summed E-state index contributed by atoms with van der Waals surface area (Å²) in [7, 11) is -10.5. The van der Waals surface area contributed by atoms with Gasteiger partial charge in [0, 0.05) is 0 Å². The molecule has 0 atom stereocenters. The van der Waals surface area contributed by atoms with E-state index in [2.05, 4.69) is 9.05 Å². The maximum atomic E-state index is 10.3. The molecule has 0 aromatic heterocycles. The number of carbonyl (C=O) groups excluding carboxylic acids is 2. The molecule has 4 N–H and O–H groups in total. The molecule has 0 aliphatic heterocycles. The number of rotatable bonds is 2. The molecule has 0 heterocycles. The van der Waals surface area contributed by atoms with E-state index in [1.54, 1.807) is 0 Å². The van der Waals surface area contributed by atoms with Crippen LogP contribution in [0.2, 0.25) is 0 Å². The molecule has 0 radical (unpaired) electrons. The second kappa shape index (κ2) is 8.36. The number of hydrogen-bond acceptors (Lipinski definition) is 6. The van der Waals surface area contributed by atoms with Gasteiger partial charge in [0.2, 0.25) is 0 Å². The minimum atomic E-state index is -5.24. The van der Waals surface area contributed by atoms with Crippen LogP contribution in [0.25, 0.3) is 0 Å². The first-order valence-electron chi connectivity index (χ1n) is 2.60. The Balaban J connectivity index is -0.000000845. The minimum absolute atomic E-state index is 0. The van der Waals surface area contributed by atoms with Crippen LogP contribution in [-0.2, 0) is 27.8 Å². The number of carbonyl (C=O) groups is 2. The van der Waals surface area contributed by atoms with Crippen molar-refractivity contribution in [3.63, 3.8) is 0 Å². The van der Waals surface area contributed by atoms with Crippen LogP contribution in [0, 0.1) is 0 Å². The fourth-order valence-electron chi connectivity index (χ4n) is 0.291. The Morgan fingerprint density at radius 2 is 0.938 bits per heavy atom. The van der Waals surface area contributed by atoms with Crippen molar-refractivity contribution >= 4 is 86.7 Å². The van der Waals surface area contributed by atoms with Gasteiger partial charge in [-0.2, -0.15) is 0 Å². The molecule has 16 heavy (non-hydrogen) atoms. The summed E-state index contributed by atoms with van der Waals surface area (Å²) in [5.41, 5.74) is 0. The van der Waals surface area contributed by atoms with Crippen LogP contribution < -0.4 is 0 Å². The molecule has 0 amide bonds. The van der Waals surface area contributed by atoms with Gasteiger partial charge >= 0.3 is 86.7 Å². The third-order valence-electron chi connectivity index (χ3n) is 0.570. The zero-order valence-electron chi connectivity index (χ0n) is 6.13. The van der Waals surface area contributed by atoms with Crippen LogP contribution in [0.3, 0.4) is 0 Å². The van der Waals surface area contributed by atoms with Crippen LogP contribution in [-0.4, -0.2) is 90.6 Å². The van der Waals surface area contributed by atoms with Gasteiger partial charge in [-0.05, 0) is 0 Å². The van der Waals surface area contributed by atoms with E-state index in [0.717, 1.165) is 0 Å². The molecule has 0 aromatic carbocycles. The van der Waals surface area contributed by atoms with Gasteiger partial charge in [0.05, 0.1) is 0 Å². The predicted octanol–water partition coefficient (Wildman–Crippen LogP) is -3.04. The molecular formula is C2H6Na2O10P2. The van der Waals surface area contributed by atoms with Crippen molar-refractivity contribution in [2.24, 2.45) is 0 Å². The fourth-order valence-corrected chi connectivity index (χ4v) is 0.872. The van der Waals surface area contributed by atoms with Crippen LogP contribution in [0.15, 0.2) is 0 Å². The van der Waals surface area contributed by atoms with E-state index in [1.165, 1.54) is 0 Å². The SMILES string of the molecule is O=C(OP(=O)(O)O)C(=O)OP(=O)(O)O.[NaH].[NaH]. The Morgan fingerprint density at radius 1 is 0.750 bits per heavy atom. The van der Waals surface area contributed by atoms with Crippen LogP contribution in [0.1, 0.15) is 0 Å². The summed E-state index contributed by atoms with van der Waals surface area (Å²) in [5, 5.41) is 0. The number of hydrogen-bond donors (Lipinski definition) is 4. The van der Waals surface area contributed by atoms with E-state index >= 15 is 0 Å².